The number of nitrogens with zero attached hydrogens (tertiary/aromatic N) is 4. The highest BCUT2D eigenvalue weighted by Gasteiger charge is 2.38. The number of para-hydroxylation sites is 1. The lowest BCUT2D eigenvalue weighted by Gasteiger charge is -2.33. The van der Waals surface area contributed by atoms with Crippen LogP contribution in [0.3, 0.4) is 0 Å². The van der Waals surface area contributed by atoms with Crippen LogP contribution in [0.25, 0.3) is 18.2 Å². The molecule has 0 bridgehead atoms. The summed E-state index contributed by atoms with van der Waals surface area (Å²) in [5.41, 5.74) is 3.58. The smallest absolute Gasteiger partial charge is 0.172 e. The van der Waals surface area contributed by atoms with Crippen molar-refractivity contribution in [1.82, 2.24) is 0 Å². The highest BCUT2D eigenvalue weighted by molar-refractivity contribution is 7.99. The number of allylic oxidation sites excluding steroid dienone is 2. The van der Waals surface area contributed by atoms with E-state index >= 15 is 0 Å². The summed E-state index contributed by atoms with van der Waals surface area (Å²) in [4.78, 5) is 7.19. The molecule has 2 aliphatic heterocycles. The lowest BCUT2D eigenvalue weighted by molar-refractivity contribution is 0.0954. The predicted molar refractivity (Wildman–Crippen MR) is 176 cm³/mol. The molecule has 0 radical (unpaired) electrons. The van der Waals surface area contributed by atoms with Gasteiger partial charge in [-0.2, -0.15) is 15.8 Å². The van der Waals surface area contributed by atoms with Crippen LogP contribution >= 0.6 is 23.1 Å². The zero-order valence-electron chi connectivity index (χ0n) is 24.6. The summed E-state index contributed by atoms with van der Waals surface area (Å²) in [6.45, 7) is 6.93. The molecule has 0 saturated carbocycles. The molecule has 0 N–H and O–H groups in total. The van der Waals surface area contributed by atoms with Gasteiger partial charge in [0.1, 0.15) is 29.4 Å². The van der Waals surface area contributed by atoms with Crippen molar-refractivity contribution in [2.75, 3.05) is 11.4 Å². The number of fused-ring (bicyclic) bond motifs is 2. The first kappa shape index (κ1) is 30.0. The summed E-state index contributed by atoms with van der Waals surface area (Å²) in [6, 6.07) is 25.3. The Labute approximate surface area is 262 Å². The van der Waals surface area contributed by atoms with Crippen LogP contribution in [0.15, 0.2) is 92.9 Å². The summed E-state index contributed by atoms with van der Waals surface area (Å²) >= 11 is 3.48. The molecule has 2 aliphatic rings. The molecule has 3 heterocycles. The Balaban J connectivity index is 1.34. The number of hydrogen-bond acceptors (Lipinski definition) is 7. The monoisotopic (exact) mass is 600 g/mol. The van der Waals surface area contributed by atoms with Crippen LogP contribution in [-0.2, 0) is 4.74 Å². The molecule has 0 spiro atoms. The van der Waals surface area contributed by atoms with Crippen LogP contribution in [0.1, 0.15) is 61.8 Å². The molecule has 5 nitrogen and oxygen atoms in total. The topological polar surface area (TPSA) is 83.8 Å². The molecule has 3 aromatic rings. The second-order valence-electron chi connectivity index (χ2n) is 10.9. The highest BCUT2D eigenvalue weighted by atomic mass is 32.2. The Hall–Kier alpha value is -4.48. The molecule has 0 saturated heterocycles. The maximum absolute atomic E-state index is 9.77. The van der Waals surface area contributed by atoms with Crippen molar-refractivity contribution in [3.05, 3.63) is 98.5 Å². The zero-order chi connectivity index (χ0) is 30.4. The highest BCUT2D eigenvalue weighted by Crippen LogP contribution is 2.48. The predicted octanol–water partition coefficient (Wildman–Crippen LogP) is 10.0. The van der Waals surface area contributed by atoms with Crippen LogP contribution in [0, 0.1) is 34.0 Å². The first-order valence-corrected chi connectivity index (χ1v) is 16.0. The number of ether oxygens (including phenoxy) is 1. The van der Waals surface area contributed by atoms with Gasteiger partial charge >= 0.3 is 0 Å². The molecule has 5 rings (SSSR count). The second-order valence-corrected chi connectivity index (χ2v) is 13.1. The number of benzene rings is 2. The lowest BCUT2D eigenvalue weighted by atomic mass is 9.94. The molecule has 7 heteroatoms. The van der Waals surface area contributed by atoms with E-state index < -0.39 is 5.60 Å². The Morgan fingerprint density at radius 2 is 1.58 bits per heavy atom. The molecule has 0 fully saturated rings. The lowest BCUT2D eigenvalue weighted by Crippen LogP contribution is -2.22. The largest absolute Gasteiger partial charge is 0.480 e. The number of thiophene rings is 1. The van der Waals surface area contributed by atoms with E-state index in [4.69, 9.17) is 4.74 Å². The molecular weight excluding hydrogens is 569 g/mol. The minimum absolute atomic E-state index is 0.0540. The normalized spacial score (nSPS) is 15.2. The van der Waals surface area contributed by atoms with Crippen LogP contribution in [-0.4, -0.2) is 12.1 Å². The van der Waals surface area contributed by atoms with Gasteiger partial charge in [0.15, 0.2) is 11.3 Å². The van der Waals surface area contributed by atoms with E-state index in [-0.39, 0.29) is 16.9 Å². The standard InChI is InChI=1S/C36H32N4OS2/c1-4-5-6-9-20-40-31-10-7-8-11-33(31)43-34-21-25(13-19-32(34)40)12-14-27-15-16-28(42-27)17-18-30-29(24-39)35(26(22-37)23-38)41-36(30,2)3/h7-8,10-19,21H,4-6,9,20H2,1-3H3/b14-12+,18-17+. The first-order chi connectivity index (χ1) is 20.9. The van der Waals surface area contributed by atoms with Crippen molar-refractivity contribution in [3.8, 4) is 18.2 Å². The van der Waals surface area contributed by atoms with Gasteiger partial charge in [-0.3, -0.25) is 0 Å². The van der Waals surface area contributed by atoms with Crippen LogP contribution in [0.2, 0.25) is 0 Å². The molecule has 1 aromatic heterocycles. The van der Waals surface area contributed by atoms with Crippen LogP contribution in [0.5, 0.6) is 0 Å². The molecule has 0 amide bonds. The van der Waals surface area contributed by atoms with E-state index in [9.17, 15) is 15.8 Å². The Morgan fingerprint density at radius 3 is 2.30 bits per heavy atom. The Morgan fingerprint density at radius 1 is 0.860 bits per heavy atom. The summed E-state index contributed by atoms with van der Waals surface area (Å²) in [5.74, 6) is 0.0540. The van der Waals surface area contributed by atoms with E-state index in [0.29, 0.717) is 5.57 Å². The first-order valence-electron chi connectivity index (χ1n) is 14.4. The van der Waals surface area contributed by atoms with Crippen molar-refractivity contribution < 1.29 is 4.74 Å². The van der Waals surface area contributed by atoms with Crippen molar-refractivity contribution in [1.29, 1.82) is 15.8 Å². The zero-order valence-corrected chi connectivity index (χ0v) is 26.2. The Bertz CT molecular complexity index is 1770. The second kappa shape index (κ2) is 13.2. The van der Waals surface area contributed by atoms with Gasteiger partial charge in [0.25, 0.3) is 0 Å². The van der Waals surface area contributed by atoms with E-state index in [1.165, 1.54) is 46.8 Å². The molecular formula is C36H32N4OS2. The maximum Gasteiger partial charge on any atom is 0.172 e. The molecule has 0 unspecified atom stereocenters. The van der Waals surface area contributed by atoms with E-state index in [0.717, 1.165) is 21.9 Å². The minimum Gasteiger partial charge on any atom is -0.480 e. The van der Waals surface area contributed by atoms with Gasteiger partial charge in [0.2, 0.25) is 0 Å². The van der Waals surface area contributed by atoms with E-state index in [2.05, 4.69) is 78.6 Å². The quantitative estimate of drug-likeness (QED) is 0.179. The maximum atomic E-state index is 9.77. The minimum atomic E-state index is -0.827. The third-order valence-electron chi connectivity index (χ3n) is 7.45. The van der Waals surface area contributed by atoms with Gasteiger partial charge in [-0.25, -0.2) is 0 Å². The van der Waals surface area contributed by atoms with Crippen molar-refractivity contribution in [2.45, 2.75) is 61.8 Å². The summed E-state index contributed by atoms with van der Waals surface area (Å²) in [5, 5.41) is 28.3. The number of hydrogen-bond donors (Lipinski definition) is 0. The number of nitriles is 3. The van der Waals surface area contributed by atoms with Gasteiger partial charge in [0.05, 0.1) is 11.4 Å². The fraction of sp³-hybridized carbons (Fsp3) is 0.250. The van der Waals surface area contributed by atoms with Gasteiger partial charge in [0, 0.05) is 31.7 Å². The molecule has 0 aliphatic carbocycles. The van der Waals surface area contributed by atoms with Crippen LogP contribution < -0.4 is 4.90 Å². The SMILES string of the molecule is CCCCCCN1c2ccccc2Sc2cc(/C=C/c3ccc(/C=C/C4=C(C#N)C(=C(C#N)C#N)OC4(C)C)s3)ccc21. The third kappa shape index (κ3) is 6.47. The van der Waals surface area contributed by atoms with Gasteiger partial charge in [-0.1, -0.05) is 68.3 Å². The fourth-order valence-electron chi connectivity index (χ4n) is 5.26. The summed E-state index contributed by atoms with van der Waals surface area (Å²) in [7, 11) is 0. The number of unbranched alkanes of at least 4 members (excludes halogenated alkanes) is 3. The number of rotatable bonds is 9. The molecule has 2 aromatic carbocycles. The average Bonchev–Trinajstić information content (AvgIpc) is 3.57. The van der Waals surface area contributed by atoms with Crippen molar-refractivity contribution in [2.24, 2.45) is 0 Å². The van der Waals surface area contributed by atoms with Gasteiger partial charge < -0.3 is 9.64 Å². The van der Waals surface area contributed by atoms with Crippen molar-refractivity contribution >= 4 is 52.7 Å². The molecule has 43 heavy (non-hydrogen) atoms. The van der Waals surface area contributed by atoms with E-state index in [1.54, 1.807) is 11.3 Å². The van der Waals surface area contributed by atoms with Gasteiger partial charge in [-0.15, -0.1) is 11.3 Å². The van der Waals surface area contributed by atoms with Crippen molar-refractivity contribution in [3.63, 3.8) is 0 Å². The number of anilines is 2. The van der Waals surface area contributed by atoms with Crippen LogP contribution in [0.4, 0.5) is 11.4 Å². The Kier molecular flexibility index (Phi) is 9.22. The molecule has 214 valence electrons. The fourth-order valence-corrected chi connectivity index (χ4v) is 7.23. The van der Waals surface area contributed by atoms with Gasteiger partial charge in [-0.05, 0) is 74.4 Å². The third-order valence-corrected chi connectivity index (χ3v) is 9.58. The van der Waals surface area contributed by atoms with E-state index in [1.807, 2.05) is 56.0 Å². The summed E-state index contributed by atoms with van der Waals surface area (Å²) < 4.78 is 5.86. The summed E-state index contributed by atoms with van der Waals surface area (Å²) in [6.07, 6.45) is 13.0. The average molecular weight is 601 g/mol. The molecule has 0 atom stereocenters.